The van der Waals surface area contributed by atoms with Crippen molar-refractivity contribution in [3.05, 3.63) is 60.2 Å². The van der Waals surface area contributed by atoms with Crippen molar-refractivity contribution in [2.24, 2.45) is 5.92 Å². The largest absolute Gasteiger partial charge is 0.369 e. The Morgan fingerprint density at radius 2 is 2.04 bits per heavy atom. The van der Waals surface area contributed by atoms with Crippen molar-refractivity contribution in [1.29, 1.82) is 0 Å². The zero-order valence-corrected chi connectivity index (χ0v) is 12.8. The van der Waals surface area contributed by atoms with Crippen molar-refractivity contribution in [2.75, 3.05) is 6.54 Å². The normalized spacial score (nSPS) is 25.7. The average Bonchev–Trinajstić information content (AvgIpc) is 3.18. The third-order valence-electron chi connectivity index (χ3n) is 4.85. The summed E-state index contributed by atoms with van der Waals surface area (Å²) in [5.41, 5.74) is 1.64. The van der Waals surface area contributed by atoms with Gasteiger partial charge in [0.1, 0.15) is 0 Å². The molecule has 1 saturated carbocycles. The first-order chi connectivity index (χ1) is 11.3. The Kier molecular flexibility index (Phi) is 3.79. The number of pyridine rings is 2. The second-order valence-corrected chi connectivity index (χ2v) is 6.19. The van der Waals surface area contributed by atoms with E-state index in [4.69, 9.17) is 4.74 Å². The molecule has 2 aromatic rings. The van der Waals surface area contributed by atoms with Crippen molar-refractivity contribution >= 4 is 5.91 Å². The zero-order chi connectivity index (χ0) is 15.6. The molecule has 2 fully saturated rings. The molecule has 3 heterocycles. The number of piperidine rings is 1. The van der Waals surface area contributed by atoms with Crippen molar-refractivity contribution < 1.29 is 9.53 Å². The molecule has 0 unspecified atom stereocenters. The van der Waals surface area contributed by atoms with Gasteiger partial charge in [-0.15, -0.1) is 0 Å². The first-order valence-electron chi connectivity index (χ1n) is 8.05. The van der Waals surface area contributed by atoms with E-state index in [1.807, 2.05) is 23.1 Å². The van der Waals surface area contributed by atoms with E-state index in [2.05, 4.69) is 9.97 Å². The molecule has 0 N–H and O–H groups in total. The van der Waals surface area contributed by atoms with Gasteiger partial charge in [0.15, 0.2) is 0 Å². The highest BCUT2D eigenvalue weighted by atomic mass is 16.5. The van der Waals surface area contributed by atoms with Gasteiger partial charge in [0.25, 0.3) is 5.91 Å². The number of likely N-dealkylation sites (tertiary alicyclic amines) is 1. The third-order valence-corrected chi connectivity index (χ3v) is 4.85. The Labute approximate surface area is 135 Å². The minimum Gasteiger partial charge on any atom is -0.369 e. The molecule has 1 aliphatic heterocycles. The van der Waals surface area contributed by atoms with Crippen molar-refractivity contribution in [3.63, 3.8) is 0 Å². The molecular formula is C18H19N3O2. The molecule has 1 aliphatic carbocycles. The number of carbonyl (C=O) groups is 1. The Hall–Kier alpha value is -2.27. The van der Waals surface area contributed by atoms with Gasteiger partial charge in [0, 0.05) is 36.6 Å². The van der Waals surface area contributed by atoms with E-state index in [0.717, 1.165) is 25.1 Å². The van der Waals surface area contributed by atoms with Crippen LogP contribution in [0.1, 0.15) is 28.9 Å². The fourth-order valence-electron chi connectivity index (χ4n) is 3.75. The summed E-state index contributed by atoms with van der Waals surface area (Å²) in [7, 11) is 0. The first kappa shape index (κ1) is 14.3. The number of aromatic nitrogens is 2. The number of hydrogen-bond donors (Lipinski definition) is 0. The molecule has 0 spiro atoms. The molecule has 2 aromatic heterocycles. The van der Waals surface area contributed by atoms with Gasteiger partial charge < -0.3 is 9.64 Å². The first-order valence-corrected chi connectivity index (χ1v) is 8.05. The average molecular weight is 309 g/mol. The molecule has 2 bridgehead atoms. The number of hydrogen-bond acceptors (Lipinski definition) is 4. The van der Waals surface area contributed by atoms with Gasteiger partial charge in [0.05, 0.1) is 24.4 Å². The quantitative estimate of drug-likeness (QED) is 0.869. The number of carbonyl (C=O) groups excluding carboxylic acids is 1. The fraction of sp³-hybridized carbons (Fsp3) is 0.389. The maximum atomic E-state index is 12.7. The molecule has 0 aromatic carbocycles. The lowest BCUT2D eigenvalue weighted by Crippen LogP contribution is -2.39. The molecule has 1 amide bonds. The van der Waals surface area contributed by atoms with Crippen LogP contribution in [0.5, 0.6) is 0 Å². The summed E-state index contributed by atoms with van der Waals surface area (Å²) < 4.78 is 6.12. The zero-order valence-electron chi connectivity index (χ0n) is 12.8. The maximum absolute atomic E-state index is 12.7. The van der Waals surface area contributed by atoms with Gasteiger partial charge in [-0.1, -0.05) is 6.07 Å². The van der Waals surface area contributed by atoms with Crippen LogP contribution in [0.4, 0.5) is 0 Å². The smallest absolute Gasteiger partial charge is 0.254 e. The molecule has 5 heteroatoms. The van der Waals surface area contributed by atoms with E-state index >= 15 is 0 Å². The van der Waals surface area contributed by atoms with Crippen LogP contribution in [0.25, 0.3) is 0 Å². The van der Waals surface area contributed by atoms with Gasteiger partial charge in [-0.2, -0.15) is 0 Å². The molecule has 3 atom stereocenters. The molecule has 5 nitrogen and oxygen atoms in total. The Balaban J connectivity index is 1.44. The summed E-state index contributed by atoms with van der Waals surface area (Å²) in [4.78, 5) is 22.9. The van der Waals surface area contributed by atoms with Crippen LogP contribution in [-0.2, 0) is 11.3 Å². The summed E-state index contributed by atoms with van der Waals surface area (Å²) in [6.07, 6.45) is 7.39. The van der Waals surface area contributed by atoms with E-state index in [9.17, 15) is 4.79 Å². The summed E-state index contributed by atoms with van der Waals surface area (Å²) in [5.74, 6) is 0.528. The van der Waals surface area contributed by atoms with Crippen LogP contribution in [-0.4, -0.2) is 39.5 Å². The number of amides is 1. The second-order valence-electron chi connectivity index (χ2n) is 6.19. The predicted octanol–water partition coefficient (Wildman–Crippen LogP) is 2.30. The SMILES string of the molecule is O=C(c1ccncc1)N1C[C@H]2CC[C@H]1[C@@H]2OCc1ccccn1. The third kappa shape index (κ3) is 2.72. The number of ether oxygens (including phenoxy) is 1. The minimum absolute atomic E-state index is 0.0889. The van der Waals surface area contributed by atoms with Crippen LogP contribution >= 0.6 is 0 Å². The van der Waals surface area contributed by atoms with Crippen LogP contribution in [0.15, 0.2) is 48.9 Å². The van der Waals surface area contributed by atoms with Crippen molar-refractivity contribution in [1.82, 2.24) is 14.9 Å². The summed E-state index contributed by atoms with van der Waals surface area (Å²) in [6, 6.07) is 9.57. The molecule has 2 aliphatic rings. The molecule has 23 heavy (non-hydrogen) atoms. The lowest BCUT2D eigenvalue weighted by molar-refractivity contribution is 0.0144. The van der Waals surface area contributed by atoms with E-state index < -0.39 is 0 Å². The number of rotatable bonds is 4. The number of nitrogens with zero attached hydrogens (tertiary/aromatic N) is 3. The van der Waals surface area contributed by atoms with E-state index in [-0.39, 0.29) is 18.1 Å². The van der Waals surface area contributed by atoms with Crippen LogP contribution in [0.2, 0.25) is 0 Å². The molecule has 118 valence electrons. The van der Waals surface area contributed by atoms with Crippen LogP contribution < -0.4 is 0 Å². The maximum Gasteiger partial charge on any atom is 0.254 e. The second kappa shape index (κ2) is 6.08. The number of fused-ring (bicyclic) bond motifs is 2. The standard InChI is InChI=1S/C18H19N3O2/c22-18(13-6-9-19-10-7-13)21-11-14-4-5-16(21)17(14)23-12-15-3-1-2-8-20-15/h1-3,6-10,14,16-17H,4-5,11-12H2/t14-,16+,17-/m1/s1. The van der Waals surface area contributed by atoms with Crippen molar-refractivity contribution in [3.8, 4) is 0 Å². The van der Waals surface area contributed by atoms with Gasteiger partial charge >= 0.3 is 0 Å². The highest BCUT2D eigenvalue weighted by Gasteiger charge is 2.49. The topological polar surface area (TPSA) is 55.3 Å². The minimum atomic E-state index is 0.0889. The predicted molar refractivity (Wildman–Crippen MR) is 84.6 cm³/mol. The van der Waals surface area contributed by atoms with Gasteiger partial charge in [0.2, 0.25) is 0 Å². The summed E-state index contributed by atoms with van der Waals surface area (Å²) in [6.45, 7) is 1.30. The van der Waals surface area contributed by atoms with E-state index in [1.54, 1.807) is 30.7 Å². The lowest BCUT2D eigenvalue weighted by Gasteiger charge is -2.27. The summed E-state index contributed by atoms with van der Waals surface area (Å²) in [5, 5.41) is 0. The highest BCUT2D eigenvalue weighted by Crippen LogP contribution is 2.40. The van der Waals surface area contributed by atoms with E-state index in [0.29, 0.717) is 18.1 Å². The van der Waals surface area contributed by atoms with E-state index in [1.165, 1.54) is 0 Å². The van der Waals surface area contributed by atoms with Crippen molar-refractivity contribution in [2.45, 2.75) is 31.6 Å². The molecule has 1 saturated heterocycles. The Bertz CT molecular complexity index is 677. The van der Waals surface area contributed by atoms with Crippen LogP contribution in [0, 0.1) is 5.92 Å². The Morgan fingerprint density at radius 1 is 1.17 bits per heavy atom. The Morgan fingerprint density at radius 3 is 2.83 bits per heavy atom. The molecule has 4 rings (SSSR count). The molecule has 0 radical (unpaired) electrons. The molecular weight excluding hydrogens is 290 g/mol. The lowest BCUT2D eigenvalue weighted by atomic mass is 10.1. The highest BCUT2D eigenvalue weighted by molar-refractivity contribution is 5.94. The van der Waals surface area contributed by atoms with Gasteiger partial charge in [-0.05, 0) is 37.1 Å². The fourth-order valence-corrected chi connectivity index (χ4v) is 3.75. The van der Waals surface area contributed by atoms with Crippen LogP contribution in [0.3, 0.4) is 0 Å². The van der Waals surface area contributed by atoms with Gasteiger partial charge in [-0.25, -0.2) is 0 Å². The monoisotopic (exact) mass is 309 g/mol. The summed E-state index contributed by atoms with van der Waals surface area (Å²) >= 11 is 0. The van der Waals surface area contributed by atoms with Gasteiger partial charge in [-0.3, -0.25) is 14.8 Å².